The summed E-state index contributed by atoms with van der Waals surface area (Å²) >= 11 is 0. The molecule has 0 heterocycles. The van der Waals surface area contributed by atoms with Crippen molar-refractivity contribution in [3.8, 4) is 0 Å². The molecule has 6 nitrogen and oxygen atoms in total. The first-order valence-corrected chi connectivity index (χ1v) is 7.54. The number of rotatable bonds is 5. The van der Waals surface area contributed by atoms with E-state index in [2.05, 4.69) is 10.7 Å². The maximum absolute atomic E-state index is 13.4. The van der Waals surface area contributed by atoms with Crippen LogP contribution in [-0.2, 0) is 9.84 Å². The fourth-order valence-corrected chi connectivity index (χ4v) is 2.65. The summed E-state index contributed by atoms with van der Waals surface area (Å²) < 4.78 is 35.6. The molecule has 0 aromatic heterocycles. The van der Waals surface area contributed by atoms with E-state index < -0.39 is 27.6 Å². The molecule has 1 amide bonds. The molecule has 0 aliphatic rings. The number of hydrogen-bond acceptors (Lipinski definition) is 5. The molecular weight excluding hydrogens is 273 g/mol. The van der Waals surface area contributed by atoms with Crippen LogP contribution in [0.1, 0.15) is 17.3 Å². The van der Waals surface area contributed by atoms with Crippen LogP contribution < -0.4 is 16.6 Å². The summed E-state index contributed by atoms with van der Waals surface area (Å²) in [5, 5.41) is 2.47. The van der Waals surface area contributed by atoms with Crippen LogP contribution in [0.15, 0.2) is 18.2 Å². The Labute approximate surface area is 111 Å². The van der Waals surface area contributed by atoms with E-state index in [1.807, 2.05) is 0 Å². The number of hydrogen-bond donors (Lipinski definition) is 3. The minimum atomic E-state index is -3.20. The molecule has 19 heavy (non-hydrogen) atoms. The molecule has 1 aromatic rings. The third-order valence-electron chi connectivity index (χ3n) is 2.33. The quantitative estimate of drug-likeness (QED) is 0.533. The predicted molar refractivity (Wildman–Crippen MR) is 70.8 cm³/mol. The van der Waals surface area contributed by atoms with Gasteiger partial charge in [-0.1, -0.05) is 6.07 Å². The summed E-state index contributed by atoms with van der Waals surface area (Å²) in [4.78, 5) is 11.9. The maximum atomic E-state index is 13.4. The Morgan fingerprint density at radius 3 is 2.63 bits per heavy atom. The number of amides is 1. The largest absolute Gasteiger partial charge is 0.348 e. The Morgan fingerprint density at radius 1 is 1.47 bits per heavy atom. The fraction of sp³-hybridized carbons (Fsp3) is 0.364. The van der Waals surface area contributed by atoms with Gasteiger partial charge in [-0.15, -0.1) is 0 Å². The van der Waals surface area contributed by atoms with Gasteiger partial charge in [0.1, 0.15) is 15.7 Å². The minimum absolute atomic E-state index is 0.0165. The number of hydrazine groups is 1. The predicted octanol–water partition coefficient (Wildman–Crippen LogP) is 0.274. The lowest BCUT2D eigenvalue weighted by Gasteiger charge is -2.15. The second kappa shape index (κ2) is 5.98. The van der Waals surface area contributed by atoms with Crippen LogP contribution in [0.4, 0.5) is 10.1 Å². The van der Waals surface area contributed by atoms with Gasteiger partial charge in [-0.25, -0.2) is 12.8 Å². The number of anilines is 1. The van der Waals surface area contributed by atoms with E-state index in [0.29, 0.717) is 0 Å². The van der Waals surface area contributed by atoms with E-state index >= 15 is 0 Å². The average Bonchev–Trinajstić information content (AvgIpc) is 2.25. The van der Waals surface area contributed by atoms with Crippen LogP contribution >= 0.6 is 0 Å². The molecule has 1 atom stereocenters. The van der Waals surface area contributed by atoms with Gasteiger partial charge in [0.25, 0.3) is 5.91 Å². The number of sulfone groups is 1. The third kappa shape index (κ3) is 4.49. The molecule has 0 fully saturated rings. The topological polar surface area (TPSA) is 101 Å². The van der Waals surface area contributed by atoms with Gasteiger partial charge in [-0.05, 0) is 19.1 Å². The van der Waals surface area contributed by atoms with Gasteiger partial charge in [0.05, 0.1) is 17.0 Å². The summed E-state index contributed by atoms with van der Waals surface area (Å²) in [7, 11) is -3.20. The first-order chi connectivity index (χ1) is 8.74. The Balaban J connectivity index is 2.87. The number of carbonyl (C=O) groups is 1. The monoisotopic (exact) mass is 289 g/mol. The van der Waals surface area contributed by atoms with Gasteiger partial charge in [0.2, 0.25) is 0 Å². The minimum Gasteiger partial charge on any atom is -0.348 e. The van der Waals surface area contributed by atoms with Crippen LogP contribution in [0.25, 0.3) is 0 Å². The first kappa shape index (κ1) is 15.4. The van der Waals surface area contributed by atoms with Crippen molar-refractivity contribution in [2.75, 3.05) is 17.4 Å². The lowest BCUT2D eigenvalue weighted by atomic mass is 10.1. The average molecular weight is 289 g/mol. The molecule has 0 aliphatic carbocycles. The summed E-state index contributed by atoms with van der Waals surface area (Å²) in [6.07, 6.45) is 1.07. The zero-order valence-electron chi connectivity index (χ0n) is 10.6. The highest BCUT2D eigenvalue weighted by atomic mass is 32.2. The van der Waals surface area contributed by atoms with Gasteiger partial charge in [-0.3, -0.25) is 10.6 Å². The zero-order valence-corrected chi connectivity index (χ0v) is 11.4. The van der Waals surface area contributed by atoms with Crippen molar-refractivity contribution in [2.45, 2.75) is 13.0 Å². The normalized spacial score (nSPS) is 12.8. The molecule has 106 valence electrons. The van der Waals surface area contributed by atoms with Crippen molar-refractivity contribution in [2.24, 2.45) is 5.84 Å². The number of benzene rings is 1. The molecule has 0 aliphatic heterocycles. The number of nitrogens with one attached hydrogen (secondary N) is 2. The van der Waals surface area contributed by atoms with Crippen molar-refractivity contribution in [1.29, 1.82) is 0 Å². The molecule has 0 spiro atoms. The summed E-state index contributed by atoms with van der Waals surface area (Å²) in [6, 6.07) is 3.33. The van der Waals surface area contributed by atoms with Gasteiger partial charge in [0.15, 0.2) is 0 Å². The highest BCUT2D eigenvalue weighted by Crippen LogP contribution is 2.18. The standard InChI is InChI=1S/C11H16FN3O3S/c1-7(6-19(2,17)18)14-11(16)8-4-3-5-9(12)10(8)15-13/h3-5,7,15H,6,13H2,1-2H3,(H,14,16). The Kier molecular flexibility index (Phi) is 4.84. The van der Waals surface area contributed by atoms with E-state index in [4.69, 9.17) is 5.84 Å². The van der Waals surface area contributed by atoms with E-state index in [0.717, 1.165) is 12.3 Å². The zero-order chi connectivity index (χ0) is 14.6. The molecule has 1 rings (SSSR count). The Hall–Kier alpha value is -1.67. The summed E-state index contributed by atoms with van der Waals surface area (Å²) in [5.41, 5.74) is 2.00. The molecule has 1 aromatic carbocycles. The molecular formula is C11H16FN3O3S. The Bertz CT molecular complexity index is 575. The lowest BCUT2D eigenvalue weighted by Crippen LogP contribution is -2.37. The number of nitrogens with two attached hydrogens (primary N) is 1. The second-order valence-corrected chi connectivity index (χ2v) is 6.46. The summed E-state index contributed by atoms with van der Waals surface area (Å²) in [6.45, 7) is 1.55. The van der Waals surface area contributed by atoms with Crippen LogP contribution in [-0.4, -0.2) is 32.4 Å². The third-order valence-corrected chi connectivity index (χ3v) is 3.44. The highest BCUT2D eigenvalue weighted by molar-refractivity contribution is 7.90. The van der Waals surface area contributed by atoms with Crippen LogP contribution in [0.5, 0.6) is 0 Å². The first-order valence-electron chi connectivity index (χ1n) is 5.48. The number of para-hydroxylation sites is 1. The van der Waals surface area contributed by atoms with E-state index in [1.165, 1.54) is 12.1 Å². The number of nitrogen functional groups attached to an aromatic ring is 1. The highest BCUT2D eigenvalue weighted by Gasteiger charge is 2.18. The molecule has 0 bridgehead atoms. The number of carbonyl (C=O) groups excluding carboxylic acids is 1. The maximum Gasteiger partial charge on any atom is 0.253 e. The molecule has 0 radical (unpaired) electrons. The molecule has 8 heteroatoms. The molecule has 4 N–H and O–H groups in total. The van der Waals surface area contributed by atoms with Crippen molar-refractivity contribution >= 4 is 21.4 Å². The van der Waals surface area contributed by atoms with Crippen molar-refractivity contribution in [3.05, 3.63) is 29.6 Å². The van der Waals surface area contributed by atoms with Crippen molar-refractivity contribution in [3.63, 3.8) is 0 Å². The van der Waals surface area contributed by atoms with Gasteiger partial charge in [0, 0.05) is 12.3 Å². The second-order valence-electron chi connectivity index (χ2n) is 4.27. The van der Waals surface area contributed by atoms with Gasteiger partial charge >= 0.3 is 0 Å². The Morgan fingerprint density at radius 2 is 2.11 bits per heavy atom. The summed E-state index contributed by atoms with van der Waals surface area (Å²) in [5.74, 6) is 3.71. The lowest BCUT2D eigenvalue weighted by molar-refractivity contribution is 0.0944. The van der Waals surface area contributed by atoms with Gasteiger partial charge in [-0.2, -0.15) is 0 Å². The van der Waals surface area contributed by atoms with E-state index in [1.54, 1.807) is 6.92 Å². The van der Waals surface area contributed by atoms with Gasteiger partial charge < -0.3 is 10.7 Å². The fourth-order valence-electron chi connectivity index (χ4n) is 1.66. The van der Waals surface area contributed by atoms with E-state index in [-0.39, 0.29) is 17.0 Å². The van der Waals surface area contributed by atoms with Crippen LogP contribution in [0.2, 0.25) is 0 Å². The van der Waals surface area contributed by atoms with E-state index in [9.17, 15) is 17.6 Å². The molecule has 1 unspecified atom stereocenters. The van der Waals surface area contributed by atoms with Crippen LogP contribution in [0, 0.1) is 5.82 Å². The number of halogens is 1. The van der Waals surface area contributed by atoms with Crippen molar-refractivity contribution in [1.82, 2.24) is 5.32 Å². The SMILES string of the molecule is CC(CS(C)(=O)=O)NC(=O)c1cccc(F)c1NN. The molecule has 0 saturated carbocycles. The molecule has 0 saturated heterocycles. The van der Waals surface area contributed by atoms with Crippen molar-refractivity contribution < 1.29 is 17.6 Å². The smallest absolute Gasteiger partial charge is 0.253 e. The van der Waals surface area contributed by atoms with Crippen LogP contribution in [0.3, 0.4) is 0 Å².